The molecular formula is C8H8F2INO2. The normalized spacial score (nSPS) is 10.4. The van der Waals surface area contributed by atoms with E-state index in [2.05, 4.69) is 4.98 Å². The van der Waals surface area contributed by atoms with Crippen molar-refractivity contribution in [2.75, 3.05) is 14.2 Å². The number of alkyl halides is 2. The minimum Gasteiger partial charge on any atom is -0.491 e. The molecular weight excluding hydrogens is 307 g/mol. The second-order valence-corrected chi connectivity index (χ2v) is 3.53. The van der Waals surface area contributed by atoms with E-state index >= 15 is 0 Å². The highest BCUT2D eigenvalue weighted by Gasteiger charge is 2.18. The molecule has 1 aromatic rings. The average molecular weight is 315 g/mol. The maximum absolute atomic E-state index is 12.4. The molecule has 0 fully saturated rings. The first-order valence-electron chi connectivity index (χ1n) is 3.66. The summed E-state index contributed by atoms with van der Waals surface area (Å²) >= 11 is 1.78. The van der Waals surface area contributed by atoms with E-state index in [-0.39, 0.29) is 11.6 Å². The molecule has 0 saturated carbocycles. The second-order valence-electron chi connectivity index (χ2n) is 2.37. The molecule has 0 aliphatic carbocycles. The first kappa shape index (κ1) is 11.4. The van der Waals surface area contributed by atoms with Crippen LogP contribution in [0.3, 0.4) is 0 Å². The lowest BCUT2D eigenvalue weighted by molar-refractivity contribution is 0.143. The van der Waals surface area contributed by atoms with Crippen LogP contribution in [0.25, 0.3) is 0 Å². The lowest BCUT2D eigenvalue weighted by Crippen LogP contribution is -2.00. The third kappa shape index (κ3) is 2.23. The predicted octanol–water partition coefficient (Wildman–Crippen LogP) is 2.64. The minimum absolute atomic E-state index is 0.0724. The summed E-state index contributed by atoms with van der Waals surface area (Å²) < 4.78 is 34.9. The van der Waals surface area contributed by atoms with Crippen LogP contribution in [0.1, 0.15) is 12.1 Å². The van der Waals surface area contributed by atoms with Crippen LogP contribution in [0.2, 0.25) is 0 Å². The highest BCUT2D eigenvalue weighted by atomic mass is 127. The summed E-state index contributed by atoms with van der Waals surface area (Å²) in [5, 5.41) is 0. The molecule has 0 atom stereocenters. The summed E-state index contributed by atoms with van der Waals surface area (Å²) in [7, 11) is 2.78. The Kier molecular flexibility index (Phi) is 3.85. The van der Waals surface area contributed by atoms with E-state index in [1.165, 1.54) is 20.3 Å². The Morgan fingerprint density at radius 3 is 2.43 bits per heavy atom. The number of rotatable bonds is 3. The summed E-state index contributed by atoms with van der Waals surface area (Å²) in [6.45, 7) is 0. The van der Waals surface area contributed by atoms with Gasteiger partial charge in [-0.1, -0.05) is 0 Å². The van der Waals surface area contributed by atoms with E-state index < -0.39 is 6.43 Å². The number of aromatic nitrogens is 1. The van der Waals surface area contributed by atoms with E-state index in [0.29, 0.717) is 9.32 Å². The maximum Gasteiger partial charge on any atom is 0.281 e. The van der Waals surface area contributed by atoms with Gasteiger partial charge in [-0.3, -0.25) is 0 Å². The molecule has 0 unspecified atom stereocenters. The van der Waals surface area contributed by atoms with Crippen molar-refractivity contribution in [3.8, 4) is 11.6 Å². The van der Waals surface area contributed by atoms with Crippen LogP contribution < -0.4 is 9.47 Å². The van der Waals surface area contributed by atoms with Crippen LogP contribution in [-0.2, 0) is 0 Å². The number of hydrogen-bond donors (Lipinski definition) is 0. The van der Waals surface area contributed by atoms with Crippen molar-refractivity contribution in [3.63, 3.8) is 0 Å². The zero-order valence-corrected chi connectivity index (χ0v) is 9.71. The maximum atomic E-state index is 12.4. The molecule has 14 heavy (non-hydrogen) atoms. The molecule has 0 aliphatic rings. The highest BCUT2D eigenvalue weighted by Crippen LogP contribution is 2.31. The molecule has 0 saturated heterocycles. The first-order chi connectivity index (χ1) is 6.60. The lowest BCUT2D eigenvalue weighted by atomic mass is 10.3. The number of methoxy groups -OCH3 is 2. The summed E-state index contributed by atoms with van der Waals surface area (Å²) in [5.41, 5.74) is -0.289. The van der Waals surface area contributed by atoms with Gasteiger partial charge in [-0.2, -0.15) is 0 Å². The number of pyridine rings is 1. The van der Waals surface area contributed by atoms with Gasteiger partial charge in [0.25, 0.3) is 12.3 Å². The fraction of sp³-hybridized carbons (Fsp3) is 0.375. The van der Waals surface area contributed by atoms with Crippen LogP contribution in [-0.4, -0.2) is 19.2 Å². The van der Waals surface area contributed by atoms with E-state index in [4.69, 9.17) is 9.47 Å². The topological polar surface area (TPSA) is 31.4 Å². The van der Waals surface area contributed by atoms with Gasteiger partial charge in [0, 0.05) is 9.64 Å². The third-order valence-electron chi connectivity index (χ3n) is 1.56. The Morgan fingerprint density at radius 2 is 2.00 bits per heavy atom. The zero-order valence-electron chi connectivity index (χ0n) is 7.55. The third-order valence-corrected chi connectivity index (χ3v) is 2.42. The van der Waals surface area contributed by atoms with Crippen LogP contribution in [0, 0.1) is 3.57 Å². The van der Waals surface area contributed by atoms with Crippen LogP contribution >= 0.6 is 22.6 Å². The summed E-state index contributed by atoms with van der Waals surface area (Å²) in [6, 6.07) is 1.47. The molecule has 0 radical (unpaired) electrons. The van der Waals surface area contributed by atoms with Gasteiger partial charge in [0.1, 0.15) is 5.69 Å². The summed E-state index contributed by atoms with van der Waals surface area (Å²) in [4.78, 5) is 3.66. The van der Waals surface area contributed by atoms with E-state index in [1.54, 1.807) is 22.6 Å². The Hall–Kier alpha value is -0.660. The van der Waals surface area contributed by atoms with Crippen molar-refractivity contribution in [3.05, 3.63) is 15.3 Å². The SMILES string of the molecule is COc1cc(I)c(C(F)F)nc1OC. The number of ether oxygens (including phenoxy) is 2. The van der Waals surface area contributed by atoms with Crippen LogP contribution in [0.4, 0.5) is 8.78 Å². The van der Waals surface area contributed by atoms with Gasteiger partial charge in [0.05, 0.1) is 14.2 Å². The quantitative estimate of drug-likeness (QED) is 0.804. The molecule has 0 N–H and O–H groups in total. The molecule has 0 aromatic carbocycles. The monoisotopic (exact) mass is 315 g/mol. The molecule has 0 spiro atoms. The van der Waals surface area contributed by atoms with E-state index in [0.717, 1.165) is 0 Å². The van der Waals surface area contributed by atoms with Crippen molar-refractivity contribution in [2.24, 2.45) is 0 Å². The molecule has 1 aromatic heterocycles. The van der Waals surface area contributed by atoms with Crippen LogP contribution in [0.15, 0.2) is 6.07 Å². The molecule has 1 heterocycles. The van der Waals surface area contributed by atoms with Gasteiger partial charge < -0.3 is 9.47 Å². The zero-order chi connectivity index (χ0) is 10.7. The Balaban J connectivity index is 3.23. The van der Waals surface area contributed by atoms with Crippen molar-refractivity contribution < 1.29 is 18.3 Å². The average Bonchev–Trinajstić information content (AvgIpc) is 2.16. The first-order valence-corrected chi connectivity index (χ1v) is 4.74. The van der Waals surface area contributed by atoms with Crippen molar-refractivity contribution in [1.82, 2.24) is 4.98 Å². The molecule has 0 amide bonds. The largest absolute Gasteiger partial charge is 0.491 e. The molecule has 78 valence electrons. The number of nitrogens with zero attached hydrogens (tertiary/aromatic N) is 1. The summed E-state index contributed by atoms with van der Waals surface area (Å²) in [6.07, 6.45) is -2.61. The van der Waals surface area contributed by atoms with Crippen molar-refractivity contribution in [1.29, 1.82) is 0 Å². The molecule has 1 rings (SSSR count). The molecule has 0 aliphatic heterocycles. The van der Waals surface area contributed by atoms with Gasteiger partial charge >= 0.3 is 0 Å². The van der Waals surface area contributed by atoms with Crippen molar-refractivity contribution in [2.45, 2.75) is 6.43 Å². The number of hydrogen-bond acceptors (Lipinski definition) is 3. The molecule has 0 bridgehead atoms. The van der Waals surface area contributed by atoms with Gasteiger partial charge in [0.15, 0.2) is 5.75 Å². The molecule has 6 heteroatoms. The lowest BCUT2D eigenvalue weighted by Gasteiger charge is -2.09. The standard InChI is InChI=1S/C8H8F2INO2/c1-13-5-3-4(11)6(7(9)10)12-8(5)14-2/h3,7H,1-2H3. The second kappa shape index (κ2) is 4.72. The van der Waals surface area contributed by atoms with Gasteiger partial charge in [0.2, 0.25) is 0 Å². The summed E-state index contributed by atoms with van der Waals surface area (Å²) in [5.74, 6) is 0.421. The van der Waals surface area contributed by atoms with Gasteiger partial charge in [-0.05, 0) is 22.6 Å². The fourth-order valence-electron chi connectivity index (χ4n) is 0.914. The fourth-order valence-corrected chi connectivity index (χ4v) is 1.55. The molecule has 3 nitrogen and oxygen atoms in total. The van der Waals surface area contributed by atoms with E-state index in [9.17, 15) is 8.78 Å². The minimum atomic E-state index is -2.61. The Morgan fingerprint density at radius 1 is 1.36 bits per heavy atom. The Labute approximate surface area is 93.6 Å². The van der Waals surface area contributed by atoms with Crippen LogP contribution in [0.5, 0.6) is 11.6 Å². The van der Waals surface area contributed by atoms with Gasteiger partial charge in [-0.15, -0.1) is 0 Å². The van der Waals surface area contributed by atoms with Gasteiger partial charge in [-0.25, -0.2) is 13.8 Å². The Bertz CT molecular complexity index is 333. The predicted molar refractivity (Wildman–Crippen MR) is 55.0 cm³/mol. The highest BCUT2D eigenvalue weighted by molar-refractivity contribution is 14.1. The van der Waals surface area contributed by atoms with Crippen molar-refractivity contribution >= 4 is 22.6 Å². The van der Waals surface area contributed by atoms with E-state index in [1.807, 2.05) is 0 Å². The smallest absolute Gasteiger partial charge is 0.281 e. The number of halogens is 3.